The van der Waals surface area contributed by atoms with Crippen molar-refractivity contribution in [2.45, 2.75) is 30.6 Å². The third-order valence-corrected chi connectivity index (χ3v) is 6.75. The fourth-order valence-electron chi connectivity index (χ4n) is 3.80. The molecule has 1 aromatic heterocycles. The molecule has 0 aliphatic heterocycles. The van der Waals surface area contributed by atoms with Crippen LogP contribution in [0.15, 0.2) is 23.4 Å². The van der Waals surface area contributed by atoms with Crippen molar-refractivity contribution in [3.8, 4) is 0 Å². The first-order chi connectivity index (χ1) is 9.48. The average molecular weight is 295 g/mol. The minimum absolute atomic E-state index is 0.116. The van der Waals surface area contributed by atoms with Gasteiger partial charge in [0.15, 0.2) is 0 Å². The van der Waals surface area contributed by atoms with E-state index in [4.69, 9.17) is 5.73 Å². The van der Waals surface area contributed by atoms with E-state index < -0.39 is 10.0 Å². The van der Waals surface area contributed by atoms with Crippen LogP contribution in [0.3, 0.4) is 0 Å². The van der Waals surface area contributed by atoms with Crippen molar-refractivity contribution in [3.05, 3.63) is 18.5 Å². The van der Waals surface area contributed by atoms with Crippen molar-refractivity contribution >= 4 is 15.7 Å². The predicted octanol–water partition coefficient (Wildman–Crippen LogP) is 1.72. The largest absolute Gasteiger partial charge is 0.398 e. The molecule has 110 valence electrons. The fourth-order valence-corrected chi connectivity index (χ4v) is 5.09. The van der Waals surface area contributed by atoms with Gasteiger partial charge >= 0.3 is 0 Å². The summed E-state index contributed by atoms with van der Waals surface area (Å²) < 4.78 is 26.6. The molecule has 0 amide bonds. The first-order valence-electron chi connectivity index (χ1n) is 7.14. The Morgan fingerprint density at radius 2 is 2.20 bits per heavy atom. The standard InChI is InChI=1S/C14H21N3O2S/c1-17(9-12-7-10-2-3-11(12)6-10)20(18,19)14-8-16-5-4-13(14)15/h4-5,8,10-12H,2-3,6-7,9H2,1H3,(H2,15,16). The summed E-state index contributed by atoms with van der Waals surface area (Å²) in [6.45, 7) is 0.595. The molecule has 3 rings (SSSR count). The minimum atomic E-state index is -3.53. The molecule has 6 heteroatoms. The van der Waals surface area contributed by atoms with E-state index in [-0.39, 0.29) is 10.6 Å². The maximum Gasteiger partial charge on any atom is 0.246 e. The first-order valence-corrected chi connectivity index (χ1v) is 8.58. The third-order valence-electron chi connectivity index (χ3n) is 4.88. The van der Waals surface area contributed by atoms with Gasteiger partial charge in [0, 0.05) is 26.0 Å². The summed E-state index contributed by atoms with van der Waals surface area (Å²) in [6.07, 6.45) is 7.89. The lowest BCUT2D eigenvalue weighted by atomic mass is 9.89. The van der Waals surface area contributed by atoms with Crippen LogP contribution in [0.25, 0.3) is 0 Å². The Balaban J connectivity index is 1.76. The SMILES string of the molecule is CN(CC1CC2CCC1C2)S(=O)(=O)c1cnccc1N. The summed E-state index contributed by atoms with van der Waals surface area (Å²) in [6, 6.07) is 1.53. The summed E-state index contributed by atoms with van der Waals surface area (Å²) in [5, 5.41) is 0. The summed E-state index contributed by atoms with van der Waals surface area (Å²) in [4.78, 5) is 3.99. The highest BCUT2D eigenvalue weighted by molar-refractivity contribution is 7.89. The van der Waals surface area contributed by atoms with Gasteiger partial charge in [-0.15, -0.1) is 0 Å². The van der Waals surface area contributed by atoms with Gasteiger partial charge in [-0.2, -0.15) is 0 Å². The van der Waals surface area contributed by atoms with Crippen LogP contribution in [-0.4, -0.2) is 31.3 Å². The third kappa shape index (κ3) is 2.31. The molecule has 2 saturated carbocycles. The van der Waals surface area contributed by atoms with Crippen molar-refractivity contribution in [2.24, 2.45) is 17.8 Å². The summed E-state index contributed by atoms with van der Waals surface area (Å²) in [5.41, 5.74) is 6.03. The lowest BCUT2D eigenvalue weighted by Gasteiger charge is -2.27. The zero-order valence-corrected chi connectivity index (χ0v) is 12.5. The second kappa shape index (κ2) is 5.00. The molecular weight excluding hydrogens is 274 g/mol. The number of fused-ring (bicyclic) bond motifs is 2. The van der Waals surface area contributed by atoms with Crippen molar-refractivity contribution < 1.29 is 8.42 Å². The van der Waals surface area contributed by atoms with E-state index in [2.05, 4.69) is 4.98 Å². The highest BCUT2D eigenvalue weighted by Crippen LogP contribution is 2.48. The highest BCUT2D eigenvalue weighted by Gasteiger charge is 2.41. The van der Waals surface area contributed by atoms with Gasteiger partial charge in [0.2, 0.25) is 10.0 Å². The van der Waals surface area contributed by atoms with E-state index in [1.807, 2.05) is 0 Å². The second-order valence-corrected chi connectivity index (χ2v) is 8.15. The van der Waals surface area contributed by atoms with E-state index >= 15 is 0 Å². The quantitative estimate of drug-likeness (QED) is 0.917. The van der Waals surface area contributed by atoms with E-state index in [1.165, 1.54) is 48.4 Å². The van der Waals surface area contributed by atoms with Crippen molar-refractivity contribution in [1.82, 2.24) is 9.29 Å². The molecule has 20 heavy (non-hydrogen) atoms. The normalized spacial score (nSPS) is 29.2. The molecule has 5 nitrogen and oxygen atoms in total. The molecule has 0 saturated heterocycles. The Hall–Kier alpha value is -1.14. The summed E-state index contributed by atoms with van der Waals surface area (Å²) >= 11 is 0. The number of nitrogens with zero attached hydrogens (tertiary/aromatic N) is 2. The molecule has 3 atom stereocenters. The van der Waals surface area contributed by atoms with Crippen LogP contribution in [0.2, 0.25) is 0 Å². The fraction of sp³-hybridized carbons (Fsp3) is 0.643. The molecular formula is C14H21N3O2S. The number of hydrogen-bond donors (Lipinski definition) is 1. The Morgan fingerprint density at radius 3 is 2.80 bits per heavy atom. The van der Waals surface area contributed by atoms with E-state index in [9.17, 15) is 8.42 Å². The van der Waals surface area contributed by atoms with Gasteiger partial charge < -0.3 is 5.73 Å². The molecule has 2 fully saturated rings. The first kappa shape index (κ1) is 13.8. The average Bonchev–Trinajstić information content (AvgIpc) is 3.01. The monoisotopic (exact) mass is 295 g/mol. The van der Waals surface area contributed by atoms with Crippen LogP contribution in [0.5, 0.6) is 0 Å². The number of pyridine rings is 1. The van der Waals surface area contributed by atoms with Gasteiger partial charge in [0.05, 0.1) is 5.69 Å². The summed E-state index contributed by atoms with van der Waals surface area (Å²) in [5.74, 6) is 2.04. The van der Waals surface area contributed by atoms with Gasteiger partial charge in [0.25, 0.3) is 0 Å². The molecule has 2 N–H and O–H groups in total. The molecule has 0 radical (unpaired) electrons. The molecule has 3 unspecified atom stereocenters. The minimum Gasteiger partial charge on any atom is -0.398 e. The number of aromatic nitrogens is 1. The predicted molar refractivity (Wildman–Crippen MR) is 77.4 cm³/mol. The van der Waals surface area contributed by atoms with Crippen LogP contribution in [0, 0.1) is 17.8 Å². The van der Waals surface area contributed by atoms with E-state index in [0.29, 0.717) is 18.4 Å². The van der Waals surface area contributed by atoms with E-state index in [0.717, 1.165) is 5.92 Å². The topological polar surface area (TPSA) is 76.3 Å². The zero-order valence-electron chi connectivity index (χ0n) is 11.7. The molecule has 2 bridgehead atoms. The molecule has 2 aliphatic rings. The maximum atomic E-state index is 12.6. The lowest BCUT2D eigenvalue weighted by Crippen LogP contribution is -2.34. The van der Waals surface area contributed by atoms with Gasteiger partial charge in [-0.25, -0.2) is 12.7 Å². The lowest BCUT2D eigenvalue weighted by molar-refractivity contribution is 0.280. The smallest absolute Gasteiger partial charge is 0.246 e. The molecule has 2 aliphatic carbocycles. The molecule has 0 spiro atoms. The van der Waals surface area contributed by atoms with Crippen LogP contribution >= 0.6 is 0 Å². The van der Waals surface area contributed by atoms with E-state index in [1.54, 1.807) is 7.05 Å². The number of rotatable bonds is 4. The Kier molecular flexibility index (Phi) is 3.46. The van der Waals surface area contributed by atoms with Crippen LogP contribution in [0.1, 0.15) is 25.7 Å². The maximum absolute atomic E-state index is 12.6. The summed E-state index contributed by atoms with van der Waals surface area (Å²) in [7, 11) is -1.88. The van der Waals surface area contributed by atoms with Crippen LogP contribution < -0.4 is 5.73 Å². The zero-order chi connectivity index (χ0) is 14.3. The molecule has 0 aromatic carbocycles. The number of sulfonamides is 1. The van der Waals surface area contributed by atoms with Gasteiger partial charge in [0.1, 0.15) is 4.90 Å². The Labute approximate surface area is 120 Å². The number of nitrogen functional groups attached to an aromatic ring is 1. The van der Waals surface area contributed by atoms with Gasteiger partial charge in [-0.05, 0) is 43.1 Å². The van der Waals surface area contributed by atoms with Crippen LogP contribution in [0.4, 0.5) is 5.69 Å². The van der Waals surface area contributed by atoms with Crippen LogP contribution in [-0.2, 0) is 10.0 Å². The second-order valence-electron chi connectivity index (χ2n) is 6.13. The number of anilines is 1. The van der Waals surface area contributed by atoms with Gasteiger partial charge in [-0.3, -0.25) is 4.98 Å². The van der Waals surface area contributed by atoms with Gasteiger partial charge in [-0.1, -0.05) is 6.42 Å². The Morgan fingerprint density at radius 1 is 1.40 bits per heavy atom. The number of nitrogens with two attached hydrogens (primary N) is 1. The molecule has 1 aromatic rings. The van der Waals surface area contributed by atoms with Crippen molar-refractivity contribution in [1.29, 1.82) is 0 Å². The van der Waals surface area contributed by atoms with Crippen molar-refractivity contribution in [2.75, 3.05) is 19.3 Å². The molecule has 1 heterocycles. The van der Waals surface area contributed by atoms with Crippen molar-refractivity contribution in [3.63, 3.8) is 0 Å². The number of hydrogen-bond acceptors (Lipinski definition) is 4. The highest BCUT2D eigenvalue weighted by atomic mass is 32.2. The Bertz CT molecular complexity index is 602.